The molecule has 0 saturated carbocycles. The van der Waals surface area contributed by atoms with Crippen LogP contribution in [0.3, 0.4) is 0 Å². The maximum atomic E-state index is 12.2. The topological polar surface area (TPSA) is 21.3 Å². The molecule has 1 aromatic rings. The van der Waals surface area contributed by atoms with Crippen molar-refractivity contribution in [3.05, 3.63) is 41.5 Å². The van der Waals surface area contributed by atoms with E-state index in [-0.39, 0.29) is 11.8 Å². The lowest BCUT2D eigenvalue weighted by molar-refractivity contribution is -0.274. The summed E-state index contributed by atoms with van der Waals surface area (Å²) in [7, 11) is 1.87. The molecule has 0 radical (unpaired) electrons. The molecule has 0 fully saturated rings. The van der Waals surface area contributed by atoms with Crippen molar-refractivity contribution in [2.45, 2.75) is 44.5 Å². The SMILES string of the molecule is CNC(C1=CCCCCC1)c1ccc(OC(F)(F)F)cc1. The highest BCUT2D eigenvalue weighted by atomic mass is 19.4. The lowest BCUT2D eigenvalue weighted by atomic mass is 9.95. The van der Waals surface area contributed by atoms with Gasteiger partial charge in [0, 0.05) is 0 Å². The lowest BCUT2D eigenvalue weighted by Crippen LogP contribution is -2.19. The highest BCUT2D eigenvalue weighted by Gasteiger charge is 2.31. The van der Waals surface area contributed by atoms with E-state index >= 15 is 0 Å². The molecule has 1 aliphatic carbocycles. The van der Waals surface area contributed by atoms with Crippen LogP contribution in [0.15, 0.2) is 35.9 Å². The summed E-state index contributed by atoms with van der Waals surface area (Å²) in [6, 6.07) is 6.17. The molecule has 0 saturated heterocycles. The van der Waals surface area contributed by atoms with Crippen LogP contribution in [0.5, 0.6) is 5.75 Å². The monoisotopic (exact) mass is 299 g/mol. The first-order valence-electron chi connectivity index (χ1n) is 7.21. The van der Waals surface area contributed by atoms with Crippen LogP contribution in [0.2, 0.25) is 0 Å². The highest BCUT2D eigenvalue weighted by molar-refractivity contribution is 5.34. The average Bonchev–Trinajstić information content (AvgIpc) is 2.69. The Balaban J connectivity index is 2.13. The lowest BCUT2D eigenvalue weighted by Gasteiger charge is -2.20. The summed E-state index contributed by atoms with van der Waals surface area (Å²) in [6.07, 6.45) is 3.32. The fourth-order valence-corrected chi connectivity index (χ4v) is 2.73. The van der Waals surface area contributed by atoms with Crippen LogP contribution in [0, 0.1) is 0 Å². The number of halogens is 3. The van der Waals surface area contributed by atoms with Crippen LogP contribution < -0.4 is 10.1 Å². The van der Waals surface area contributed by atoms with Gasteiger partial charge in [-0.25, -0.2) is 0 Å². The first-order valence-corrected chi connectivity index (χ1v) is 7.21. The van der Waals surface area contributed by atoms with Crippen LogP contribution >= 0.6 is 0 Å². The minimum atomic E-state index is -4.65. The molecular formula is C16H20F3NO. The minimum Gasteiger partial charge on any atom is -0.406 e. The van der Waals surface area contributed by atoms with Crippen molar-refractivity contribution in [2.24, 2.45) is 0 Å². The maximum absolute atomic E-state index is 12.2. The Morgan fingerprint density at radius 3 is 2.43 bits per heavy atom. The number of allylic oxidation sites excluding steroid dienone is 1. The Morgan fingerprint density at radius 1 is 1.10 bits per heavy atom. The van der Waals surface area contributed by atoms with Crippen molar-refractivity contribution in [3.63, 3.8) is 0 Å². The molecule has 5 heteroatoms. The number of alkyl halides is 3. The Labute approximate surface area is 123 Å². The largest absolute Gasteiger partial charge is 0.573 e. The maximum Gasteiger partial charge on any atom is 0.573 e. The van der Waals surface area contributed by atoms with E-state index in [1.165, 1.54) is 37.0 Å². The Hall–Kier alpha value is -1.49. The fraction of sp³-hybridized carbons (Fsp3) is 0.500. The van der Waals surface area contributed by atoms with Crippen LogP contribution in [-0.2, 0) is 0 Å². The van der Waals surface area contributed by atoms with Crippen molar-refractivity contribution in [3.8, 4) is 5.75 Å². The third kappa shape index (κ3) is 4.77. The van der Waals surface area contributed by atoms with E-state index in [0.29, 0.717) is 0 Å². The van der Waals surface area contributed by atoms with Gasteiger partial charge in [-0.05, 0) is 50.4 Å². The number of hydrogen-bond donors (Lipinski definition) is 1. The molecule has 0 spiro atoms. The second-order valence-electron chi connectivity index (χ2n) is 5.22. The predicted octanol–water partition coefficient (Wildman–Crippen LogP) is 4.74. The minimum absolute atomic E-state index is 0.0584. The molecule has 116 valence electrons. The van der Waals surface area contributed by atoms with Gasteiger partial charge < -0.3 is 10.1 Å². The summed E-state index contributed by atoms with van der Waals surface area (Å²) in [6.45, 7) is 0. The van der Waals surface area contributed by atoms with Gasteiger partial charge in [-0.3, -0.25) is 0 Å². The molecule has 0 aliphatic heterocycles. The first-order chi connectivity index (χ1) is 9.99. The molecule has 0 amide bonds. The summed E-state index contributed by atoms with van der Waals surface area (Å²) in [5.41, 5.74) is 2.28. The van der Waals surface area contributed by atoms with E-state index < -0.39 is 6.36 Å². The van der Waals surface area contributed by atoms with Crippen LogP contribution in [0.1, 0.15) is 43.7 Å². The number of ether oxygens (including phenoxy) is 1. The number of likely N-dealkylation sites (N-methyl/N-ethyl adjacent to an activating group) is 1. The standard InChI is InChI=1S/C16H20F3NO/c1-20-15(12-6-4-2-3-5-7-12)13-8-10-14(11-9-13)21-16(17,18)19/h6,8-11,15,20H,2-5,7H2,1H3. The third-order valence-electron chi connectivity index (χ3n) is 3.68. The third-order valence-corrected chi connectivity index (χ3v) is 3.68. The number of hydrogen-bond acceptors (Lipinski definition) is 2. The molecule has 1 atom stereocenters. The van der Waals surface area contributed by atoms with E-state index in [1.54, 1.807) is 12.1 Å². The molecule has 0 aromatic heterocycles. The van der Waals surface area contributed by atoms with Crippen molar-refractivity contribution in [2.75, 3.05) is 7.05 Å². The zero-order valence-electron chi connectivity index (χ0n) is 12.0. The molecule has 0 bridgehead atoms. The zero-order chi connectivity index (χ0) is 15.3. The van der Waals surface area contributed by atoms with E-state index in [0.717, 1.165) is 18.4 Å². The second kappa shape index (κ2) is 6.98. The first kappa shape index (κ1) is 15.9. The van der Waals surface area contributed by atoms with E-state index in [1.807, 2.05) is 7.05 Å². The highest BCUT2D eigenvalue weighted by Crippen LogP contribution is 2.30. The Morgan fingerprint density at radius 2 is 1.81 bits per heavy atom. The van der Waals surface area contributed by atoms with E-state index in [9.17, 15) is 13.2 Å². The number of nitrogens with one attached hydrogen (secondary N) is 1. The number of rotatable bonds is 4. The van der Waals surface area contributed by atoms with Crippen LogP contribution in [0.25, 0.3) is 0 Å². The summed E-state index contributed by atoms with van der Waals surface area (Å²) in [5.74, 6) is -0.184. The van der Waals surface area contributed by atoms with E-state index in [4.69, 9.17) is 0 Å². The van der Waals surface area contributed by atoms with Crippen molar-refractivity contribution < 1.29 is 17.9 Å². The molecule has 21 heavy (non-hydrogen) atoms. The Bertz CT molecular complexity index is 479. The zero-order valence-corrected chi connectivity index (χ0v) is 12.0. The van der Waals surface area contributed by atoms with E-state index in [2.05, 4.69) is 16.1 Å². The van der Waals surface area contributed by atoms with Crippen molar-refractivity contribution >= 4 is 0 Å². The molecule has 1 N–H and O–H groups in total. The van der Waals surface area contributed by atoms with Gasteiger partial charge in [0.2, 0.25) is 0 Å². The van der Waals surface area contributed by atoms with Gasteiger partial charge in [0.25, 0.3) is 0 Å². The molecule has 1 unspecified atom stereocenters. The quantitative estimate of drug-likeness (QED) is 0.811. The van der Waals surface area contributed by atoms with Gasteiger partial charge >= 0.3 is 6.36 Å². The smallest absolute Gasteiger partial charge is 0.406 e. The van der Waals surface area contributed by atoms with Crippen molar-refractivity contribution in [1.29, 1.82) is 0 Å². The van der Waals surface area contributed by atoms with Gasteiger partial charge in [-0.1, -0.05) is 30.2 Å². The van der Waals surface area contributed by atoms with Gasteiger partial charge in [0.15, 0.2) is 0 Å². The van der Waals surface area contributed by atoms with Gasteiger partial charge in [0.05, 0.1) is 6.04 Å². The van der Waals surface area contributed by atoms with Gasteiger partial charge in [0.1, 0.15) is 5.75 Å². The molecule has 2 nitrogen and oxygen atoms in total. The molecule has 0 heterocycles. The normalized spacial score (nSPS) is 17.8. The molecule has 1 aromatic carbocycles. The average molecular weight is 299 g/mol. The summed E-state index contributed by atoms with van der Waals surface area (Å²) < 4.78 is 40.4. The molecular weight excluding hydrogens is 279 g/mol. The summed E-state index contributed by atoms with van der Waals surface area (Å²) in [4.78, 5) is 0. The van der Waals surface area contributed by atoms with Gasteiger partial charge in [-0.2, -0.15) is 0 Å². The Kier molecular flexibility index (Phi) is 5.28. The fourth-order valence-electron chi connectivity index (χ4n) is 2.73. The number of benzene rings is 1. The molecule has 2 rings (SSSR count). The van der Waals surface area contributed by atoms with Crippen LogP contribution in [0.4, 0.5) is 13.2 Å². The van der Waals surface area contributed by atoms with Crippen molar-refractivity contribution in [1.82, 2.24) is 5.32 Å². The van der Waals surface area contributed by atoms with Crippen LogP contribution in [-0.4, -0.2) is 13.4 Å². The second-order valence-corrected chi connectivity index (χ2v) is 5.22. The van der Waals surface area contributed by atoms with Gasteiger partial charge in [-0.15, -0.1) is 13.2 Å². The summed E-state index contributed by atoms with van der Waals surface area (Å²) in [5, 5.41) is 3.25. The summed E-state index contributed by atoms with van der Waals surface area (Å²) >= 11 is 0. The predicted molar refractivity (Wildman–Crippen MR) is 76.1 cm³/mol. The molecule has 1 aliphatic rings.